The predicted molar refractivity (Wildman–Crippen MR) is 143 cm³/mol. The Morgan fingerprint density at radius 2 is 1.56 bits per heavy atom. The Bertz CT molecular complexity index is 1130. The number of carbonyl (C=O) groups is 7. The number of hydrogen-bond acceptors (Lipinski definition) is 9. The molecule has 1 aromatic carbocycles. The Morgan fingerprint density at radius 3 is 2.17 bits per heavy atom. The van der Waals surface area contributed by atoms with Gasteiger partial charge in [0, 0.05) is 13.0 Å². The quantitative estimate of drug-likeness (QED) is 0.0992. The number of nitrogens with one attached hydrogen (secondary N) is 4. The summed E-state index contributed by atoms with van der Waals surface area (Å²) in [7, 11) is 0. The molecule has 41 heavy (non-hydrogen) atoms. The largest absolute Gasteiger partial charge is 0.394 e. The van der Waals surface area contributed by atoms with E-state index in [1.165, 1.54) is 4.90 Å². The van der Waals surface area contributed by atoms with Crippen LogP contribution in [0, 0.1) is 0 Å². The summed E-state index contributed by atoms with van der Waals surface area (Å²) in [5, 5.41) is 18.5. The monoisotopic (exact) mass is 576 g/mol. The molecule has 0 aromatic heterocycles. The van der Waals surface area contributed by atoms with E-state index in [0.29, 0.717) is 24.9 Å². The lowest BCUT2D eigenvalue weighted by Crippen LogP contribution is -2.57. The van der Waals surface area contributed by atoms with E-state index < -0.39 is 91.6 Å². The molecule has 1 saturated heterocycles. The highest BCUT2D eigenvalue weighted by molar-refractivity contribution is 5.96. The number of rotatable bonds is 15. The van der Waals surface area contributed by atoms with E-state index in [1.807, 2.05) is 0 Å². The molecule has 224 valence electrons. The summed E-state index contributed by atoms with van der Waals surface area (Å²) in [6, 6.07) is 3.80. The molecule has 0 radical (unpaired) electrons. The Hall–Kier alpha value is -4.57. The molecule has 0 saturated carbocycles. The second-order valence-electron chi connectivity index (χ2n) is 9.41. The standard InChI is InChI=1S/C25H36N8O8/c26-15(13-34)23(39)31-16(9-14-5-2-1-3-6-14)25(41)32-17(10-19(27)35)24(40)30-11-20(36)29-12-21(37)33-8-4-7-18(33)22(28)38/h1-3,5-6,15-18,34H,4,7-13,26H2,(H2,27,35)(H2,28,38)(H,29,36)(H,30,40)(H,31,39)(H,32,41). The van der Waals surface area contributed by atoms with Gasteiger partial charge in [0.1, 0.15) is 24.2 Å². The molecule has 0 spiro atoms. The van der Waals surface area contributed by atoms with Crippen LogP contribution >= 0.6 is 0 Å². The number of aliphatic hydroxyl groups is 1. The van der Waals surface area contributed by atoms with Crippen molar-refractivity contribution in [3.05, 3.63) is 35.9 Å². The highest BCUT2D eigenvalue weighted by Crippen LogP contribution is 2.16. The first-order valence-corrected chi connectivity index (χ1v) is 12.9. The summed E-state index contributed by atoms with van der Waals surface area (Å²) in [4.78, 5) is 87.1. The molecule has 7 amide bonds. The van der Waals surface area contributed by atoms with Crippen LogP contribution in [-0.4, -0.2) is 102 Å². The van der Waals surface area contributed by atoms with Crippen molar-refractivity contribution in [3.8, 4) is 0 Å². The lowest BCUT2D eigenvalue weighted by Gasteiger charge is -2.24. The molecule has 1 aromatic rings. The Balaban J connectivity index is 1.99. The maximum absolute atomic E-state index is 13.1. The van der Waals surface area contributed by atoms with Crippen LogP contribution in [0.1, 0.15) is 24.8 Å². The van der Waals surface area contributed by atoms with Gasteiger partial charge < -0.3 is 48.5 Å². The average molecular weight is 577 g/mol. The van der Waals surface area contributed by atoms with Crippen molar-refractivity contribution in [1.82, 2.24) is 26.2 Å². The average Bonchev–Trinajstić information content (AvgIpc) is 3.44. The number of hydrogen-bond donors (Lipinski definition) is 8. The molecule has 11 N–H and O–H groups in total. The fraction of sp³-hybridized carbons (Fsp3) is 0.480. The normalized spacial score (nSPS) is 16.5. The van der Waals surface area contributed by atoms with Crippen LogP contribution in [0.25, 0.3) is 0 Å². The molecule has 1 heterocycles. The van der Waals surface area contributed by atoms with Crippen molar-refractivity contribution in [1.29, 1.82) is 0 Å². The van der Waals surface area contributed by atoms with Crippen molar-refractivity contribution in [2.45, 2.75) is 49.9 Å². The maximum Gasteiger partial charge on any atom is 0.243 e. The van der Waals surface area contributed by atoms with E-state index in [-0.39, 0.29) is 6.42 Å². The number of benzene rings is 1. The van der Waals surface area contributed by atoms with E-state index >= 15 is 0 Å². The molecule has 4 unspecified atom stereocenters. The summed E-state index contributed by atoms with van der Waals surface area (Å²) in [5.41, 5.74) is 16.7. The van der Waals surface area contributed by atoms with E-state index in [1.54, 1.807) is 30.3 Å². The van der Waals surface area contributed by atoms with Gasteiger partial charge >= 0.3 is 0 Å². The maximum atomic E-state index is 13.1. The molecule has 1 aliphatic heterocycles. The van der Waals surface area contributed by atoms with Crippen molar-refractivity contribution in [2.75, 3.05) is 26.2 Å². The lowest BCUT2D eigenvalue weighted by molar-refractivity contribution is -0.137. The van der Waals surface area contributed by atoms with Crippen LogP contribution in [-0.2, 0) is 40.0 Å². The third-order valence-corrected chi connectivity index (χ3v) is 6.25. The third kappa shape index (κ3) is 10.5. The number of nitrogens with zero attached hydrogens (tertiary/aromatic N) is 1. The first-order chi connectivity index (χ1) is 19.4. The minimum absolute atomic E-state index is 0.00840. The smallest absolute Gasteiger partial charge is 0.243 e. The summed E-state index contributed by atoms with van der Waals surface area (Å²) in [6.45, 7) is -1.39. The molecule has 16 heteroatoms. The number of amides is 7. The summed E-state index contributed by atoms with van der Waals surface area (Å²) in [6.07, 6.45) is 0.400. The number of carbonyl (C=O) groups excluding carboxylic acids is 7. The Morgan fingerprint density at radius 1 is 0.902 bits per heavy atom. The number of aliphatic hydroxyl groups excluding tert-OH is 1. The molecular formula is C25H36N8O8. The predicted octanol–water partition coefficient (Wildman–Crippen LogP) is -4.90. The minimum atomic E-state index is -1.50. The van der Waals surface area contributed by atoms with Gasteiger partial charge in [0.05, 0.1) is 26.1 Å². The van der Waals surface area contributed by atoms with Gasteiger partial charge in [0.15, 0.2) is 0 Å². The van der Waals surface area contributed by atoms with Gasteiger partial charge in [0.25, 0.3) is 0 Å². The second kappa shape index (κ2) is 15.9. The summed E-state index contributed by atoms with van der Waals surface area (Å²) < 4.78 is 0. The third-order valence-electron chi connectivity index (χ3n) is 6.25. The topological polar surface area (TPSA) is 269 Å². The van der Waals surface area contributed by atoms with Gasteiger partial charge in [0.2, 0.25) is 41.4 Å². The van der Waals surface area contributed by atoms with Gasteiger partial charge in [-0.15, -0.1) is 0 Å². The van der Waals surface area contributed by atoms with Crippen LogP contribution in [0.4, 0.5) is 0 Å². The second-order valence-corrected chi connectivity index (χ2v) is 9.41. The molecule has 16 nitrogen and oxygen atoms in total. The van der Waals surface area contributed by atoms with E-state index in [9.17, 15) is 33.6 Å². The van der Waals surface area contributed by atoms with Crippen molar-refractivity contribution < 1.29 is 38.7 Å². The van der Waals surface area contributed by atoms with Crippen molar-refractivity contribution in [3.63, 3.8) is 0 Å². The van der Waals surface area contributed by atoms with Gasteiger partial charge in [-0.05, 0) is 18.4 Å². The fourth-order valence-corrected chi connectivity index (χ4v) is 4.09. The van der Waals surface area contributed by atoms with Crippen LogP contribution in [0.5, 0.6) is 0 Å². The zero-order valence-electron chi connectivity index (χ0n) is 22.3. The molecule has 4 atom stereocenters. The van der Waals surface area contributed by atoms with Crippen molar-refractivity contribution in [2.24, 2.45) is 17.2 Å². The van der Waals surface area contributed by atoms with E-state index in [4.69, 9.17) is 22.3 Å². The Kier molecular flexibility index (Phi) is 12.6. The first kappa shape index (κ1) is 32.6. The highest BCUT2D eigenvalue weighted by Gasteiger charge is 2.33. The summed E-state index contributed by atoms with van der Waals surface area (Å²) in [5.74, 6) is -5.43. The summed E-state index contributed by atoms with van der Waals surface area (Å²) >= 11 is 0. The highest BCUT2D eigenvalue weighted by atomic mass is 16.3. The molecule has 2 rings (SSSR count). The zero-order chi connectivity index (χ0) is 30.5. The minimum Gasteiger partial charge on any atom is -0.394 e. The number of nitrogens with two attached hydrogens (primary N) is 3. The van der Waals surface area contributed by atoms with Crippen LogP contribution in [0.2, 0.25) is 0 Å². The number of likely N-dealkylation sites (tertiary alicyclic amines) is 1. The zero-order valence-corrected chi connectivity index (χ0v) is 22.3. The van der Waals surface area contributed by atoms with Crippen LogP contribution < -0.4 is 38.5 Å². The van der Waals surface area contributed by atoms with Gasteiger partial charge in [-0.2, -0.15) is 0 Å². The fourth-order valence-electron chi connectivity index (χ4n) is 4.09. The van der Waals surface area contributed by atoms with Crippen LogP contribution in [0.15, 0.2) is 30.3 Å². The van der Waals surface area contributed by atoms with Crippen LogP contribution in [0.3, 0.4) is 0 Å². The van der Waals surface area contributed by atoms with Gasteiger partial charge in [-0.25, -0.2) is 0 Å². The lowest BCUT2D eigenvalue weighted by atomic mass is 10.0. The van der Waals surface area contributed by atoms with Crippen molar-refractivity contribution >= 4 is 41.4 Å². The molecule has 1 aliphatic rings. The molecule has 0 aliphatic carbocycles. The Labute approximate surface area is 235 Å². The van der Waals surface area contributed by atoms with E-state index in [2.05, 4.69) is 21.3 Å². The molecule has 1 fully saturated rings. The molecular weight excluding hydrogens is 540 g/mol. The van der Waals surface area contributed by atoms with E-state index in [0.717, 1.165) is 0 Å². The first-order valence-electron chi connectivity index (χ1n) is 12.9. The van der Waals surface area contributed by atoms with Gasteiger partial charge in [-0.1, -0.05) is 30.3 Å². The number of primary amides is 2. The molecule has 0 bridgehead atoms. The van der Waals surface area contributed by atoms with Gasteiger partial charge in [-0.3, -0.25) is 33.6 Å². The SMILES string of the molecule is NC(=O)CC(NC(=O)C(Cc1ccccc1)NC(=O)C(N)CO)C(=O)NCC(=O)NCC(=O)N1CCCC1C(N)=O.